The number of benzene rings is 1. The Bertz CT molecular complexity index is 502. The molecule has 4 nitrogen and oxygen atoms in total. The summed E-state index contributed by atoms with van der Waals surface area (Å²) in [5, 5.41) is 3.07. The van der Waals surface area contributed by atoms with Crippen LogP contribution in [0.25, 0.3) is 0 Å². The molecule has 1 N–H and O–H groups in total. The number of halogens is 1. The predicted octanol–water partition coefficient (Wildman–Crippen LogP) is 1.83. The molecule has 1 aromatic rings. The fourth-order valence-corrected chi connectivity index (χ4v) is 2.54. The van der Waals surface area contributed by atoms with E-state index in [4.69, 9.17) is 0 Å². The highest BCUT2D eigenvalue weighted by molar-refractivity contribution is 9.10. The molecule has 1 unspecified atom stereocenters. The monoisotopic (exact) mass is 310 g/mol. The van der Waals surface area contributed by atoms with E-state index in [0.717, 1.165) is 16.7 Å². The Hall–Kier alpha value is -1.20. The van der Waals surface area contributed by atoms with Gasteiger partial charge in [-0.05, 0) is 37.7 Å². The van der Waals surface area contributed by atoms with Gasteiger partial charge in [0.05, 0.1) is 11.3 Å². The largest absolute Gasteiger partial charge is 0.319 e. The summed E-state index contributed by atoms with van der Waals surface area (Å²) < 4.78 is 0.813. The number of ketones is 1. The van der Waals surface area contributed by atoms with Crippen molar-refractivity contribution in [1.29, 1.82) is 0 Å². The van der Waals surface area contributed by atoms with Crippen LogP contribution >= 0.6 is 15.9 Å². The fraction of sp³-hybridized carbons (Fsp3) is 0.385. The number of carbonyl (C=O) groups is 2. The van der Waals surface area contributed by atoms with Gasteiger partial charge in [-0.15, -0.1) is 0 Å². The number of carbonyl (C=O) groups excluding carboxylic acids is 2. The van der Waals surface area contributed by atoms with E-state index in [0.29, 0.717) is 18.0 Å². The molecule has 0 fully saturated rings. The third-order valence-corrected chi connectivity index (χ3v) is 3.47. The van der Waals surface area contributed by atoms with E-state index in [1.165, 1.54) is 0 Å². The zero-order valence-corrected chi connectivity index (χ0v) is 12.0. The van der Waals surface area contributed by atoms with E-state index < -0.39 is 11.7 Å². The molecular formula is C13H15BrN2O2. The normalized spacial score (nSPS) is 16.1. The standard InChI is InChI=1S/C13H15BrN2O2/c1-8(6-15-2)7-16-11-4-3-9(14)5-10(11)12(17)13(16)18/h3-5,8,15H,6-7H2,1-2H3. The van der Waals surface area contributed by atoms with Crippen LogP contribution < -0.4 is 10.2 Å². The van der Waals surface area contributed by atoms with Crippen LogP contribution in [0.15, 0.2) is 22.7 Å². The second kappa shape index (κ2) is 5.20. The fourth-order valence-electron chi connectivity index (χ4n) is 2.18. The molecule has 0 saturated heterocycles. The maximum atomic E-state index is 12.0. The van der Waals surface area contributed by atoms with Gasteiger partial charge in [-0.2, -0.15) is 0 Å². The summed E-state index contributed by atoms with van der Waals surface area (Å²) in [7, 11) is 1.87. The first-order valence-corrected chi connectivity index (χ1v) is 6.64. The Kier molecular flexibility index (Phi) is 3.82. The van der Waals surface area contributed by atoms with Crippen LogP contribution in [0.1, 0.15) is 17.3 Å². The number of amides is 1. The topological polar surface area (TPSA) is 49.4 Å². The van der Waals surface area contributed by atoms with Crippen LogP contribution in [0.2, 0.25) is 0 Å². The third kappa shape index (κ3) is 2.33. The Morgan fingerprint density at radius 1 is 1.39 bits per heavy atom. The second-order valence-electron chi connectivity index (χ2n) is 4.57. The Morgan fingerprint density at radius 3 is 2.78 bits per heavy atom. The molecule has 2 rings (SSSR count). The SMILES string of the molecule is CNCC(C)CN1C(=O)C(=O)c2cc(Br)ccc21. The first kappa shape index (κ1) is 13.2. The van der Waals surface area contributed by atoms with Gasteiger partial charge in [0.2, 0.25) is 0 Å². The van der Waals surface area contributed by atoms with Crippen molar-refractivity contribution < 1.29 is 9.59 Å². The van der Waals surface area contributed by atoms with Crippen LogP contribution in [0, 0.1) is 5.92 Å². The molecule has 18 heavy (non-hydrogen) atoms. The van der Waals surface area contributed by atoms with Crippen molar-refractivity contribution in [2.75, 3.05) is 25.0 Å². The zero-order chi connectivity index (χ0) is 13.3. The number of rotatable bonds is 4. The molecule has 0 bridgehead atoms. The molecular weight excluding hydrogens is 296 g/mol. The molecule has 5 heteroatoms. The smallest absolute Gasteiger partial charge is 0.299 e. The van der Waals surface area contributed by atoms with E-state index in [1.807, 2.05) is 26.1 Å². The number of anilines is 1. The average molecular weight is 311 g/mol. The van der Waals surface area contributed by atoms with Crippen LogP contribution in [0.3, 0.4) is 0 Å². The summed E-state index contributed by atoms with van der Waals surface area (Å²) >= 11 is 3.32. The van der Waals surface area contributed by atoms with Gasteiger partial charge in [-0.1, -0.05) is 22.9 Å². The van der Waals surface area contributed by atoms with E-state index in [2.05, 4.69) is 21.2 Å². The van der Waals surface area contributed by atoms with Crippen molar-refractivity contribution in [2.45, 2.75) is 6.92 Å². The summed E-state index contributed by atoms with van der Waals surface area (Å²) in [4.78, 5) is 25.4. The van der Waals surface area contributed by atoms with Crippen molar-refractivity contribution in [1.82, 2.24) is 5.32 Å². The lowest BCUT2D eigenvalue weighted by Gasteiger charge is -2.21. The van der Waals surface area contributed by atoms with Gasteiger partial charge in [-0.3, -0.25) is 9.59 Å². The Labute approximate surface area is 114 Å². The summed E-state index contributed by atoms with van der Waals surface area (Å²) in [6.07, 6.45) is 0. The number of nitrogens with one attached hydrogen (secondary N) is 1. The first-order chi connectivity index (χ1) is 8.54. The summed E-state index contributed by atoms with van der Waals surface area (Å²) in [6, 6.07) is 5.37. The average Bonchev–Trinajstić information content (AvgIpc) is 2.55. The van der Waals surface area contributed by atoms with Gasteiger partial charge in [0.1, 0.15) is 0 Å². The molecule has 0 saturated carbocycles. The van der Waals surface area contributed by atoms with E-state index in [-0.39, 0.29) is 0 Å². The van der Waals surface area contributed by atoms with Crippen molar-refractivity contribution >= 4 is 33.3 Å². The van der Waals surface area contributed by atoms with E-state index in [1.54, 1.807) is 11.0 Å². The molecule has 1 atom stereocenters. The minimum absolute atomic E-state index is 0.293. The predicted molar refractivity (Wildman–Crippen MR) is 73.9 cm³/mol. The lowest BCUT2D eigenvalue weighted by molar-refractivity contribution is -0.114. The number of hydrogen-bond donors (Lipinski definition) is 1. The molecule has 0 radical (unpaired) electrons. The van der Waals surface area contributed by atoms with Crippen molar-refractivity contribution in [3.05, 3.63) is 28.2 Å². The molecule has 1 aliphatic heterocycles. The highest BCUT2D eigenvalue weighted by Crippen LogP contribution is 2.31. The van der Waals surface area contributed by atoms with Gasteiger partial charge in [0.25, 0.3) is 11.7 Å². The minimum atomic E-state index is -0.425. The van der Waals surface area contributed by atoms with Crippen molar-refractivity contribution in [3.63, 3.8) is 0 Å². The number of hydrogen-bond acceptors (Lipinski definition) is 3. The second-order valence-corrected chi connectivity index (χ2v) is 5.48. The number of nitrogens with zero attached hydrogens (tertiary/aromatic N) is 1. The Morgan fingerprint density at radius 2 is 2.11 bits per heavy atom. The van der Waals surface area contributed by atoms with Gasteiger partial charge >= 0.3 is 0 Å². The molecule has 1 heterocycles. The van der Waals surface area contributed by atoms with Gasteiger partial charge in [0.15, 0.2) is 0 Å². The van der Waals surface area contributed by atoms with Crippen molar-refractivity contribution in [2.24, 2.45) is 5.92 Å². The maximum absolute atomic E-state index is 12.0. The van der Waals surface area contributed by atoms with Crippen LogP contribution in [-0.4, -0.2) is 31.8 Å². The number of fused-ring (bicyclic) bond motifs is 1. The lowest BCUT2D eigenvalue weighted by atomic mass is 10.1. The highest BCUT2D eigenvalue weighted by atomic mass is 79.9. The molecule has 0 spiro atoms. The quantitative estimate of drug-likeness (QED) is 0.863. The maximum Gasteiger partial charge on any atom is 0.299 e. The molecule has 1 aliphatic rings. The van der Waals surface area contributed by atoms with Crippen LogP contribution in [-0.2, 0) is 4.79 Å². The Balaban J connectivity index is 2.29. The molecule has 96 valence electrons. The van der Waals surface area contributed by atoms with Crippen LogP contribution in [0.5, 0.6) is 0 Å². The highest BCUT2D eigenvalue weighted by Gasteiger charge is 2.36. The summed E-state index contributed by atoms with van der Waals surface area (Å²) in [5.74, 6) is -0.546. The third-order valence-electron chi connectivity index (χ3n) is 2.98. The van der Waals surface area contributed by atoms with Gasteiger partial charge in [0, 0.05) is 11.0 Å². The molecule has 1 aromatic carbocycles. The van der Waals surface area contributed by atoms with Crippen LogP contribution in [0.4, 0.5) is 5.69 Å². The van der Waals surface area contributed by atoms with Gasteiger partial charge < -0.3 is 10.2 Å². The first-order valence-electron chi connectivity index (χ1n) is 5.85. The summed E-state index contributed by atoms with van der Waals surface area (Å²) in [5.41, 5.74) is 1.21. The van der Waals surface area contributed by atoms with Gasteiger partial charge in [-0.25, -0.2) is 0 Å². The van der Waals surface area contributed by atoms with Crippen molar-refractivity contribution in [3.8, 4) is 0 Å². The number of Topliss-reactive ketones (excluding diaryl/α,β-unsaturated/α-hetero) is 1. The zero-order valence-electron chi connectivity index (χ0n) is 10.4. The minimum Gasteiger partial charge on any atom is -0.319 e. The molecule has 0 aromatic heterocycles. The summed E-state index contributed by atoms with van der Waals surface area (Å²) in [6.45, 7) is 3.41. The molecule has 0 aliphatic carbocycles. The molecule has 1 amide bonds. The lowest BCUT2D eigenvalue weighted by Crippen LogP contribution is -2.36. The van der Waals surface area contributed by atoms with E-state index >= 15 is 0 Å². The van der Waals surface area contributed by atoms with E-state index in [9.17, 15) is 9.59 Å².